The topological polar surface area (TPSA) is 16.6 Å². The molecule has 0 amide bonds. The van der Waals surface area contributed by atoms with Crippen LogP contribution in [0.2, 0.25) is 0 Å². The third kappa shape index (κ3) is 2.19. The molecule has 0 radical (unpaired) electrons. The smallest absolute Gasteiger partial charge is 0.104 e. The first-order chi connectivity index (χ1) is 4.43. The third-order valence-electron chi connectivity index (χ3n) is 2.01. The SMILES string of the molecule is C=C[C@@H]1CCCCC[NH2+]1. The van der Waals surface area contributed by atoms with Crippen molar-refractivity contribution in [3.63, 3.8) is 0 Å². The van der Waals surface area contributed by atoms with Gasteiger partial charge in [0.05, 0.1) is 6.54 Å². The predicted octanol–water partition coefficient (Wildman–Crippen LogP) is 0.678. The summed E-state index contributed by atoms with van der Waals surface area (Å²) in [7, 11) is 0. The van der Waals surface area contributed by atoms with Crippen LogP contribution in [0.1, 0.15) is 25.7 Å². The van der Waals surface area contributed by atoms with Crippen molar-refractivity contribution in [3.8, 4) is 0 Å². The van der Waals surface area contributed by atoms with Gasteiger partial charge < -0.3 is 5.32 Å². The Bertz CT molecular complexity index is 80.6. The first kappa shape index (κ1) is 6.81. The van der Waals surface area contributed by atoms with Crippen LogP contribution in [0.25, 0.3) is 0 Å². The van der Waals surface area contributed by atoms with Crippen molar-refractivity contribution in [1.82, 2.24) is 0 Å². The summed E-state index contributed by atoms with van der Waals surface area (Å²) < 4.78 is 0. The second-order valence-electron chi connectivity index (χ2n) is 2.77. The normalized spacial score (nSPS) is 29.1. The Balaban J connectivity index is 2.26. The van der Waals surface area contributed by atoms with Gasteiger partial charge in [0.2, 0.25) is 0 Å². The third-order valence-corrected chi connectivity index (χ3v) is 2.01. The van der Waals surface area contributed by atoms with Crippen LogP contribution in [-0.2, 0) is 0 Å². The number of hydrogen-bond donors (Lipinski definition) is 1. The molecule has 0 aromatic rings. The van der Waals surface area contributed by atoms with Gasteiger partial charge in [-0.3, -0.25) is 0 Å². The lowest BCUT2D eigenvalue weighted by Crippen LogP contribution is -2.89. The van der Waals surface area contributed by atoms with Crippen LogP contribution in [0.4, 0.5) is 0 Å². The molecular weight excluding hydrogens is 110 g/mol. The lowest BCUT2D eigenvalue weighted by Gasteiger charge is -2.04. The summed E-state index contributed by atoms with van der Waals surface area (Å²) >= 11 is 0. The Morgan fingerprint density at radius 2 is 2.22 bits per heavy atom. The highest BCUT2D eigenvalue weighted by Gasteiger charge is 2.09. The van der Waals surface area contributed by atoms with E-state index in [1.54, 1.807) is 0 Å². The van der Waals surface area contributed by atoms with Crippen LogP contribution in [-0.4, -0.2) is 12.6 Å². The van der Waals surface area contributed by atoms with Crippen LogP contribution >= 0.6 is 0 Å². The zero-order valence-electron chi connectivity index (χ0n) is 5.97. The lowest BCUT2D eigenvalue weighted by atomic mass is 10.1. The van der Waals surface area contributed by atoms with E-state index in [1.807, 2.05) is 0 Å². The highest BCUT2D eigenvalue weighted by atomic mass is 14.9. The molecule has 1 heteroatoms. The highest BCUT2D eigenvalue weighted by Crippen LogP contribution is 2.03. The van der Waals surface area contributed by atoms with Gasteiger partial charge in [0.1, 0.15) is 6.04 Å². The van der Waals surface area contributed by atoms with Crippen molar-refractivity contribution in [2.24, 2.45) is 0 Å². The fraction of sp³-hybridized carbons (Fsp3) is 0.750. The average molecular weight is 126 g/mol. The van der Waals surface area contributed by atoms with E-state index in [1.165, 1.54) is 32.2 Å². The van der Waals surface area contributed by atoms with Crippen molar-refractivity contribution in [2.45, 2.75) is 31.7 Å². The molecule has 1 atom stereocenters. The van der Waals surface area contributed by atoms with Gasteiger partial charge in [-0.05, 0) is 25.3 Å². The summed E-state index contributed by atoms with van der Waals surface area (Å²) in [6.45, 7) is 5.10. The molecule has 1 aliphatic heterocycles. The molecule has 0 spiro atoms. The van der Waals surface area contributed by atoms with Gasteiger partial charge >= 0.3 is 0 Å². The minimum absolute atomic E-state index is 0.715. The summed E-state index contributed by atoms with van der Waals surface area (Å²) in [5.74, 6) is 0. The molecule has 9 heavy (non-hydrogen) atoms. The summed E-state index contributed by atoms with van der Waals surface area (Å²) in [5, 5.41) is 2.40. The quantitative estimate of drug-likeness (QED) is 0.497. The molecule has 0 aliphatic carbocycles. The van der Waals surface area contributed by atoms with Crippen molar-refractivity contribution in [3.05, 3.63) is 12.7 Å². The van der Waals surface area contributed by atoms with Gasteiger partial charge in [-0.2, -0.15) is 0 Å². The van der Waals surface area contributed by atoms with E-state index in [0.29, 0.717) is 6.04 Å². The predicted molar refractivity (Wildman–Crippen MR) is 39.2 cm³/mol. The van der Waals surface area contributed by atoms with Crippen molar-refractivity contribution < 1.29 is 5.32 Å². The Kier molecular flexibility index (Phi) is 2.78. The van der Waals surface area contributed by atoms with Gasteiger partial charge in [-0.15, -0.1) is 0 Å². The van der Waals surface area contributed by atoms with Crippen LogP contribution in [0, 0.1) is 0 Å². The maximum Gasteiger partial charge on any atom is 0.104 e. The molecule has 0 aromatic carbocycles. The van der Waals surface area contributed by atoms with Gasteiger partial charge in [-0.1, -0.05) is 6.58 Å². The molecule has 52 valence electrons. The van der Waals surface area contributed by atoms with E-state index >= 15 is 0 Å². The second-order valence-corrected chi connectivity index (χ2v) is 2.77. The molecule has 1 heterocycles. The number of quaternary nitrogens is 1. The van der Waals surface area contributed by atoms with E-state index in [2.05, 4.69) is 18.0 Å². The van der Waals surface area contributed by atoms with Crippen LogP contribution in [0.3, 0.4) is 0 Å². The fourth-order valence-corrected chi connectivity index (χ4v) is 1.37. The maximum atomic E-state index is 3.79. The second kappa shape index (κ2) is 3.67. The molecule has 1 fully saturated rings. The Labute approximate surface area is 57.1 Å². The summed E-state index contributed by atoms with van der Waals surface area (Å²) in [5.41, 5.74) is 0. The summed E-state index contributed by atoms with van der Waals surface area (Å²) in [6.07, 6.45) is 7.62. The number of rotatable bonds is 1. The average Bonchev–Trinajstić information content (AvgIpc) is 2.13. The molecule has 2 N–H and O–H groups in total. The molecule has 0 unspecified atom stereocenters. The van der Waals surface area contributed by atoms with Gasteiger partial charge in [-0.25, -0.2) is 0 Å². The standard InChI is InChI=1S/C8H15N/c1-2-8-6-4-3-5-7-9-8/h2,8-9H,1,3-7H2/p+1/t8-/m1/s1. The van der Waals surface area contributed by atoms with E-state index in [4.69, 9.17) is 0 Å². The molecule has 1 rings (SSSR count). The van der Waals surface area contributed by atoms with E-state index in [9.17, 15) is 0 Å². The molecule has 0 bridgehead atoms. The van der Waals surface area contributed by atoms with E-state index in [-0.39, 0.29) is 0 Å². The maximum absolute atomic E-state index is 3.79. The van der Waals surface area contributed by atoms with Crippen LogP contribution < -0.4 is 5.32 Å². The Morgan fingerprint density at radius 3 is 3.00 bits per heavy atom. The minimum atomic E-state index is 0.715. The number of nitrogens with two attached hydrogens (primary N) is 1. The van der Waals surface area contributed by atoms with Crippen LogP contribution in [0.15, 0.2) is 12.7 Å². The van der Waals surface area contributed by atoms with Crippen molar-refractivity contribution in [2.75, 3.05) is 6.54 Å². The molecule has 1 saturated heterocycles. The van der Waals surface area contributed by atoms with Gasteiger partial charge in [0.15, 0.2) is 0 Å². The first-order valence-corrected chi connectivity index (χ1v) is 3.89. The first-order valence-electron chi connectivity index (χ1n) is 3.89. The zero-order chi connectivity index (χ0) is 6.53. The molecule has 1 nitrogen and oxygen atoms in total. The molecule has 0 aromatic heterocycles. The Hall–Kier alpha value is -0.300. The molecular formula is C8H16N+. The monoisotopic (exact) mass is 126 g/mol. The molecule has 1 aliphatic rings. The lowest BCUT2D eigenvalue weighted by molar-refractivity contribution is -0.677. The largest absolute Gasteiger partial charge is 0.341 e. The van der Waals surface area contributed by atoms with E-state index < -0.39 is 0 Å². The zero-order valence-corrected chi connectivity index (χ0v) is 5.97. The Morgan fingerprint density at radius 1 is 1.33 bits per heavy atom. The highest BCUT2D eigenvalue weighted by molar-refractivity contribution is 4.77. The van der Waals surface area contributed by atoms with Crippen molar-refractivity contribution in [1.29, 1.82) is 0 Å². The minimum Gasteiger partial charge on any atom is -0.341 e. The molecule has 0 saturated carbocycles. The summed E-state index contributed by atoms with van der Waals surface area (Å²) in [6, 6.07) is 0.715. The van der Waals surface area contributed by atoms with Crippen LogP contribution in [0.5, 0.6) is 0 Å². The number of hydrogen-bond acceptors (Lipinski definition) is 0. The summed E-state index contributed by atoms with van der Waals surface area (Å²) in [4.78, 5) is 0. The van der Waals surface area contributed by atoms with E-state index in [0.717, 1.165) is 0 Å². The van der Waals surface area contributed by atoms with Crippen molar-refractivity contribution >= 4 is 0 Å². The fourth-order valence-electron chi connectivity index (χ4n) is 1.37. The van der Waals surface area contributed by atoms with Gasteiger partial charge in [0.25, 0.3) is 0 Å². The van der Waals surface area contributed by atoms with Gasteiger partial charge in [0, 0.05) is 6.42 Å².